The SMILES string of the molecule is COc1cc([C@@H](C(=O)N2CCCC[C@H]2C(=O)NC2(C(N)=O)CCCCC2)C2CCCCC2)cc(C)c1OC. The molecule has 1 aromatic carbocycles. The van der Waals surface area contributed by atoms with Gasteiger partial charge in [-0.3, -0.25) is 14.4 Å². The van der Waals surface area contributed by atoms with E-state index in [-0.39, 0.29) is 23.7 Å². The van der Waals surface area contributed by atoms with Crippen LogP contribution in [0.5, 0.6) is 11.5 Å². The van der Waals surface area contributed by atoms with Crippen molar-refractivity contribution in [3.8, 4) is 11.5 Å². The molecule has 2 atom stereocenters. The van der Waals surface area contributed by atoms with Crippen LogP contribution in [0.4, 0.5) is 0 Å². The first-order valence-electron chi connectivity index (χ1n) is 14.5. The van der Waals surface area contributed by atoms with E-state index in [2.05, 4.69) is 5.32 Å². The average molecular weight is 528 g/mol. The lowest BCUT2D eigenvalue weighted by Gasteiger charge is -2.42. The number of primary amides is 1. The lowest BCUT2D eigenvalue weighted by molar-refractivity contribution is -0.146. The quantitative estimate of drug-likeness (QED) is 0.522. The maximum absolute atomic E-state index is 14.5. The largest absolute Gasteiger partial charge is 0.493 e. The van der Waals surface area contributed by atoms with Gasteiger partial charge in [0.15, 0.2) is 11.5 Å². The first-order valence-corrected chi connectivity index (χ1v) is 14.5. The van der Waals surface area contributed by atoms with Crippen molar-refractivity contribution in [1.29, 1.82) is 0 Å². The summed E-state index contributed by atoms with van der Waals surface area (Å²) in [5, 5.41) is 3.04. The van der Waals surface area contributed by atoms with Gasteiger partial charge in [0.25, 0.3) is 0 Å². The molecule has 1 saturated heterocycles. The van der Waals surface area contributed by atoms with Crippen LogP contribution in [0.15, 0.2) is 12.1 Å². The van der Waals surface area contributed by atoms with Crippen LogP contribution in [0.2, 0.25) is 0 Å². The second kappa shape index (κ2) is 12.4. The van der Waals surface area contributed by atoms with E-state index in [0.29, 0.717) is 37.3 Å². The van der Waals surface area contributed by atoms with E-state index in [9.17, 15) is 14.4 Å². The summed E-state index contributed by atoms with van der Waals surface area (Å²) in [6.45, 7) is 2.51. The smallest absolute Gasteiger partial charge is 0.243 e. The zero-order valence-electron chi connectivity index (χ0n) is 23.4. The van der Waals surface area contributed by atoms with E-state index >= 15 is 0 Å². The number of nitrogens with zero attached hydrogens (tertiary/aromatic N) is 1. The molecule has 3 aliphatic rings. The zero-order valence-corrected chi connectivity index (χ0v) is 23.4. The van der Waals surface area contributed by atoms with Crippen LogP contribution < -0.4 is 20.5 Å². The van der Waals surface area contributed by atoms with E-state index in [0.717, 1.165) is 68.9 Å². The number of piperidine rings is 1. The van der Waals surface area contributed by atoms with Gasteiger partial charge >= 0.3 is 0 Å². The summed E-state index contributed by atoms with van der Waals surface area (Å²) in [5.41, 5.74) is 6.64. The fraction of sp³-hybridized carbons (Fsp3) is 0.700. The van der Waals surface area contributed by atoms with Crippen molar-refractivity contribution in [2.24, 2.45) is 11.7 Å². The van der Waals surface area contributed by atoms with E-state index < -0.39 is 17.5 Å². The number of carbonyl (C=O) groups excluding carboxylic acids is 3. The van der Waals surface area contributed by atoms with Crippen molar-refractivity contribution in [2.45, 2.75) is 108 Å². The number of amides is 3. The summed E-state index contributed by atoms with van der Waals surface area (Å²) in [7, 11) is 3.24. The fourth-order valence-electron chi connectivity index (χ4n) is 7.00. The predicted octanol–water partition coefficient (Wildman–Crippen LogP) is 4.36. The summed E-state index contributed by atoms with van der Waals surface area (Å²) in [4.78, 5) is 42.4. The number of rotatable bonds is 8. The second-order valence-electron chi connectivity index (χ2n) is 11.5. The van der Waals surface area contributed by atoms with Crippen LogP contribution in [0.3, 0.4) is 0 Å². The van der Waals surface area contributed by atoms with Gasteiger partial charge in [-0.25, -0.2) is 0 Å². The van der Waals surface area contributed by atoms with Gasteiger partial charge in [0, 0.05) is 6.54 Å². The molecule has 1 heterocycles. The maximum Gasteiger partial charge on any atom is 0.243 e. The van der Waals surface area contributed by atoms with Crippen molar-refractivity contribution in [1.82, 2.24) is 10.2 Å². The Kier molecular flexibility index (Phi) is 9.21. The Morgan fingerprint density at radius 2 is 1.61 bits per heavy atom. The summed E-state index contributed by atoms with van der Waals surface area (Å²) in [6.07, 6.45) is 11.6. The van der Waals surface area contributed by atoms with Crippen molar-refractivity contribution in [3.63, 3.8) is 0 Å². The molecule has 1 aliphatic heterocycles. The Morgan fingerprint density at radius 3 is 2.24 bits per heavy atom. The first-order chi connectivity index (χ1) is 18.3. The van der Waals surface area contributed by atoms with Crippen LogP contribution >= 0.6 is 0 Å². The summed E-state index contributed by atoms with van der Waals surface area (Å²) < 4.78 is 11.2. The molecule has 3 fully saturated rings. The van der Waals surface area contributed by atoms with Crippen LogP contribution in [-0.4, -0.2) is 55.0 Å². The number of carbonyl (C=O) groups is 3. The number of hydrogen-bond donors (Lipinski definition) is 2. The third-order valence-electron chi connectivity index (χ3n) is 9.06. The molecule has 0 spiro atoms. The van der Waals surface area contributed by atoms with Crippen LogP contribution in [0, 0.1) is 12.8 Å². The molecule has 0 unspecified atom stereocenters. The van der Waals surface area contributed by atoms with Crippen molar-refractivity contribution >= 4 is 17.7 Å². The highest BCUT2D eigenvalue weighted by Gasteiger charge is 2.44. The molecule has 4 rings (SSSR count). The number of nitrogens with one attached hydrogen (secondary N) is 1. The van der Waals surface area contributed by atoms with Gasteiger partial charge in [-0.05, 0) is 75.0 Å². The fourth-order valence-corrected chi connectivity index (χ4v) is 7.00. The number of likely N-dealkylation sites (tertiary alicyclic amines) is 1. The molecule has 0 radical (unpaired) electrons. The van der Waals surface area contributed by atoms with E-state index in [1.165, 1.54) is 6.42 Å². The molecule has 3 N–H and O–H groups in total. The van der Waals surface area contributed by atoms with Gasteiger partial charge in [0.1, 0.15) is 11.6 Å². The predicted molar refractivity (Wildman–Crippen MR) is 146 cm³/mol. The average Bonchev–Trinajstić information content (AvgIpc) is 2.93. The summed E-state index contributed by atoms with van der Waals surface area (Å²) in [6, 6.07) is 3.38. The normalized spacial score (nSPS) is 22.8. The number of methoxy groups -OCH3 is 2. The Morgan fingerprint density at radius 1 is 0.947 bits per heavy atom. The van der Waals surface area contributed by atoms with Gasteiger partial charge in [-0.1, -0.05) is 44.6 Å². The van der Waals surface area contributed by atoms with Gasteiger partial charge < -0.3 is 25.4 Å². The van der Waals surface area contributed by atoms with Crippen LogP contribution in [0.1, 0.15) is 101 Å². The molecule has 1 aromatic rings. The van der Waals surface area contributed by atoms with E-state index in [4.69, 9.17) is 15.2 Å². The number of ether oxygens (including phenoxy) is 2. The van der Waals surface area contributed by atoms with Crippen molar-refractivity contribution < 1.29 is 23.9 Å². The second-order valence-corrected chi connectivity index (χ2v) is 11.5. The molecule has 0 bridgehead atoms. The maximum atomic E-state index is 14.5. The van der Waals surface area contributed by atoms with Crippen LogP contribution in [0.25, 0.3) is 0 Å². The minimum atomic E-state index is -1.01. The molecule has 210 valence electrons. The Bertz CT molecular complexity index is 1010. The molecule has 8 nitrogen and oxygen atoms in total. The molecular weight excluding hydrogens is 482 g/mol. The third kappa shape index (κ3) is 5.79. The van der Waals surface area contributed by atoms with Gasteiger partial charge in [0.2, 0.25) is 17.7 Å². The standard InChI is InChI=1S/C30H45N3O5/c1-20-18-22(19-24(37-2)26(20)38-3)25(21-12-6-4-7-13-21)28(35)33-17-11-8-14-23(33)27(34)32-30(29(31)36)15-9-5-10-16-30/h18-19,21,23,25H,4-17H2,1-3H3,(H2,31,36)(H,32,34)/t23-,25-/m0/s1. The molecule has 0 aromatic heterocycles. The lowest BCUT2D eigenvalue weighted by atomic mass is 9.75. The highest BCUT2D eigenvalue weighted by Crippen LogP contribution is 2.42. The highest BCUT2D eigenvalue weighted by molar-refractivity contribution is 5.95. The van der Waals surface area contributed by atoms with Crippen LogP contribution in [-0.2, 0) is 14.4 Å². The summed E-state index contributed by atoms with van der Waals surface area (Å²) in [5.74, 6) is 0.414. The third-order valence-corrected chi connectivity index (χ3v) is 9.06. The molecule has 2 saturated carbocycles. The number of aryl methyl sites for hydroxylation is 1. The molecule has 3 amide bonds. The van der Waals surface area contributed by atoms with Crippen molar-refractivity contribution in [2.75, 3.05) is 20.8 Å². The molecule has 2 aliphatic carbocycles. The Labute approximate surface area is 227 Å². The number of hydrogen-bond acceptors (Lipinski definition) is 5. The first kappa shape index (κ1) is 28.2. The Balaban J connectivity index is 1.66. The van der Waals surface area contributed by atoms with Gasteiger partial charge in [-0.2, -0.15) is 0 Å². The number of nitrogens with two attached hydrogens (primary N) is 1. The topological polar surface area (TPSA) is 111 Å². The van der Waals surface area contributed by atoms with E-state index in [1.54, 1.807) is 19.1 Å². The monoisotopic (exact) mass is 527 g/mol. The van der Waals surface area contributed by atoms with Gasteiger partial charge in [0.05, 0.1) is 20.1 Å². The summed E-state index contributed by atoms with van der Waals surface area (Å²) >= 11 is 0. The highest BCUT2D eigenvalue weighted by atomic mass is 16.5. The minimum absolute atomic E-state index is 0.000129. The minimum Gasteiger partial charge on any atom is -0.493 e. The molecular formula is C30H45N3O5. The van der Waals surface area contributed by atoms with Crippen molar-refractivity contribution in [3.05, 3.63) is 23.3 Å². The Hall–Kier alpha value is -2.77. The molecule has 8 heteroatoms. The zero-order chi connectivity index (χ0) is 27.3. The van der Waals surface area contributed by atoms with E-state index in [1.807, 2.05) is 19.1 Å². The van der Waals surface area contributed by atoms with Gasteiger partial charge in [-0.15, -0.1) is 0 Å². The lowest BCUT2D eigenvalue weighted by Crippen LogP contribution is -2.63. The molecule has 38 heavy (non-hydrogen) atoms. The number of benzene rings is 1.